The first-order chi connectivity index (χ1) is 21.8. The van der Waals surface area contributed by atoms with E-state index in [-0.39, 0.29) is 0 Å². The quantitative estimate of drug-likeness (QED) is 0.212. The van der Waals surface area contributed by atoms with Gasteiger partial charge in [0.1, 0.15) is 0 Å². The van der Waals surface area contributed by atoms with E-state index in [9.17, 15) is 0 Å². The Bertz CT molecular complexity index is 2480. The van der Waals surface area contributed by atoms with Crippen molar-refractivity contribution in [2.24, 2.45) is 0 Å². The zero-order valence-electron chi connectivity index (χ0n) is 23.7. The van der Waals surface area contributed by atoms with E-state index >= 15 is 0 Å². The summed E-state index contributed by atoms with van der Waals surface area (Å²) in [7, 11) is 0. The summed E-state index contributed by atoms with van der Waals surface area (Å²) >= 11 is 3.72. The molecule has 0 saturated carbocycles. The molecule has 0 radical (unpaired) electrons. The third-order valence-corrected chi connectivity index (χ3v) is 10.7. The maximum Gasteiger partial charge on any atom is 0.0540 e. The van der Waals surface area contributed by atoms with Crippen LogP contribution >= 0.6 is 22.7 Å². The maximum absolute atomic E-state index is 3.55. The highest BCUT2D eigenvalue weighted by Crippen LogP contribution is 2.45. The van der Waals surface area contributed by atoms with Crippen LogP contribution < -0.4 is 10.2 Å². The van der Waals surface area contributed by atoms with Gasteiger partial charge >= 0.3 is 0 Å². The fourth-order valence-electron chi connectivity index (χ4n) is 6.35. The Balaban J connectivity index is 1.21. The van der Waals surface area contributed by atoms with Gasteiger partial charge in [0.05, 0.1) is 5.69 Å². The molecule has 0 atom stereocenters. The Morgan fingerprint density at radius 2 is 0.955 bits per heavy atom. The van der Waals surface area contributed by atoms with Gasteiger partial charge in [-0.3, -0.25) is 0 Å². The predicted molar refractivity (Wildman–Crippen MR) is 194 cm³/mol. The lowest BCUT2D eigenvalue weighted by atomic mass is 10.1. The number of benzene rings is 7. The van der Waals surface area contributed by atoms with Gasteiger partial charge in [-0.15, -0.1) is 22.7 Å². The van der Waals surface area contributed by atoms with E-state index in [1.165, 1.54) is 56.8 Å². The van der Waals surface area contributed by atoms with Gasteiger partial charge in [-0.1, -0.05) is 91.0 Å². The number of nitrogens with one attached hydrogen (secondary N) is 1. The minimum absolute atomic E-state index is 1.09. The normalized spacial score (nSPS) is 11.6. The van der Waals surface area contributed by atoms with Crippen LogP contribution in [0.2, 0.25) is 0 Å². The zero-order valence-corrected chi connectivity index (χ0v) is 25.3. The Morgan fingerprint density at radius 3 is 1.73 bits per heavy atom. The molecule has 2 nitrogen and oxygen atoms in total. The topological polar surface area (TPSA) is 15.3 Å². The third-order valence-electron chi connectivity index (χ3n) is 8.41. The van der Waals surface area contributed by atoms with Crippen LogP contribution in [-0.4, -0.2) is 0 Å². The van der Waals surface area contributed by atoms with Crippen molar-refractivity contribution >= 4 is 102 Å². The van der Waals surface area contributed by atoms with E-state index in [1.807, 2.05) is 28.7 Å². The monoisotopic (exact) mass is 598 g/mol. The lowest BCUT2D eigenvalue weighted by molar-refractivity contribution is 1.31. The molecule has 0 fully saturated rings. The van der Waals surface area contributed by atoms with Gasteiger partial charge in [-0.05, 0) is 66.0 Å². The van der Waals surface area contributed by atoms with E-state index in [0.29, 0.717) is 0 Å². The van der Waals surface area contributed by atoms with Gasteiger partial charge in [-0.25, -0.2) is 0 Å². The summed E-state index contributed by atoms with van der Waals surface area (Å²) in [6, 6.07) is 54.9. The molecule has 1 N–H and O–H groups in total. The molecular formula is C40H26N2S2. The van der Waals surface area contributed by atoms with Crippen molar-refractivity contribution in [3.05, 3.63) is 152 Å². The molecule has 2 aromatic heterocycles. The highest BCUT2D eigenvalue weighted by molar-refractivity contribution is 7.26. The number of thiophene rings is 2. The van der Waals surface area contributed by atoms with E-state index in [1.54, 1.807) is 0 Å². The highest BCUT2D eigenvalue weighted by atomic mass is 32.1. The molecule has 0 spiro atoms. The Morgan fingerprint density at radius 1 is 0.386 bits per heavy atom. The Kier molecular flexibility index (Phi) is 5.90. The average molecular weight is 599 g/mol. The third kappa shape index (κ3) is 4.22. The van der Waals surface area contributed by atoms with Crippen molar-refractivity contribution in [3.8, 4) is 0 Å². The van der Waals surface area contributed by atoms with E-state index in [2.05, 4.69) is 156 Å². The van der Waals surface area contributed by atoms with Gasteiger partial charge in [0.2, 0.25) is 0 Å². The molecule has 0 aliphatic heterocycles. The fraction of sp³-hybridized carbons (Fsp3) is 0. The first-order valence-corrected chi connectivity index (χ1v) is 16.4. The van der Waals surface area contributed by atoms with Crippen molar-refractivity contribution in [2.75, 3.05) is 10.2 Å². The van der Waals surface area contributed by atoms with Crippen molar-refractivity contribution in [2.45, 2.75) is 0 Å². The van der Waals surface area contributed by atoms with Crippen molar-refractivity contribution < 1.29 is 0 Å². The molecule has 0 aliphatic carbocycles. The minimum Gasteiger partial charge on any atom is -0.355 e. The highest BCUT2D eigenvalue weighted by Gasteiger charge is 2.18. The smallest absolute Gasteiger partial charge is 0.0540 e. The van der Waals surface area contributed by atoms with E-state index in [0.717, 1.165) is 22.7 Å². The van der Waals surface area contributed by atoms with Crippen molar-refractivity contribution in [1.29, 1.82) is 0 Å². The van der Waals surface area contributed by atoms with Gasteiger partial charge in [0, 0.05) is 68.5 Å². The van der Waals surface area contributed by atoms with E-state index < -0.39 is 0 Å². The van der Waals surface area contributed by atoms with Crippen LogP contribution in [0, 0.1) is 0 Å². The molecule has 0 amide bonds. The largest absolute Gasteiger partial charge is 0.355 e. The summed E-state index contributed by atoms with van der Waals surface area (Å²) in [4.78, 5) is 2.43. The number of nitrogens with zero attached hydrogens (tertiary/aromatic N) is 1. The van der Waals surface area contributed by atoms with Crippen LogP contribution in [0.4, 0.5) is 28.4 Å². The minimum atomic E-state index is 1.09. The van der Waals surface area contributed by atoms with Crippen molar-refractivity contribution in [3.63, 3.8) is 0 Å². The number of hydrogen-bond donors (Lipinski definition) is 1. The number of rotatable bonds is 5. The molecule has 0 saturated heterocycles. The summed E-state index contributed by atoms with van der Waals surface area (Å²) in [5, 5.41) is 11.2. The molecule has 0 aliphatic rings. The molecule has 4 heteroatoms. The molecule has 9 aromatic rings. The van der Waals surface area contributed by atoms with E-state index in [4.69, 9.17) is 0 Å². The molecule has 0 bridgehead atoms. The summed E-state index contributed by atoms with van der Waals surface area (Å²) < 4.78 is 5.18. The standard InChI is InChI=1S/C40H26N2S2/c1-2-11-27(12-3-1)41-28-17-20-33-35-22-19-30(25-40(35)44-38(33)23-28)42(36-15-8-10-26-9-4-5-13-31(26)36)29-18-21-34-32-14-6-7-16-37(32)43-39(34)24-29/h1-25,41H. The molecule has 7 aromatic carbocycles. The van der Waals surface area contributed by atoms with Crippen molar-refractivity contribution in [1.82, 2.24) is 0 Å². The number of anilines is 5. The van der Waals surface area contributed by atoms with Gasteiger partial charge in [0.15, 0.2) is 0 Å². The first-order valence-electron chi connectivity index (χ1n) is 14.8. The van der Waals surface area contributed by atoms with Crippen LogP contribution in [0.1, 0.15) is 0 Å². The first kappa shape index (κ1) is 25.3. The molecule has 0 unspecified atom stereocenters. The molecule has 208 valence electrons. The second kappa shape index (κ2) is 10.2. The number of hydrogen-bond acceptors (Lipinski definition) is 4. The lowest BCUT2D eigenvalue weighted by Gasteiger charge is -2.27. The van der Waals surface area contributed by atoms with Gasteiger partial charge < -0.3 is 10.2 Å². The second-order valence-corrected chi connectivity index (χ2v) is 13.3. The van der Waals surface area contributed by atoms with Crippen LogP contribution in [0.25, 0.3) is 51.1 Å². The molecular weight excluding hydrogens is 573 g/mol. The predicted octanol–water partition coefficient (Wildman–Crippen LogP) is 12.8. The molecule has 44 heavy (non-hydrogen) atoms. The summed E-state index contributed by atoms with van der Waals surface area (Å²) in [5.41, 5.74) is 5.69. The Labute approximate surface area is 263 Å². The van der Waals surface area contributed by atoms with Crippen LogP contribution in [0.15, 0.2) is 152 Å². The molecule has 2 heterocycles. The Hall–Kier alpha value is -5.16. The second-order valence-electron chi connectivity index (χ2n) is 11.1. The van der Waals surface area contributed by atoms with Crippen LogP contribution in [0.3, 0.4) is 0 Å². The fourth-order valence-corrected chi connectivity index (χ4v) is 8.67. The maximum atomic E-state index is 3.55. The number of fused-ring (bicyclic) bond motifs is 7. The van der Waals surface area contributed by atoms with Crippen LogP contribution in [0.5, 0.6) is 0 Å². The van der Waals surface area contributed by atoms with Gasteiger partial charge in [0.25, 0.3) is 0 Å². The summed E-state index contributed by atoms with van der Waals surface area (Å²) in [5.74, 6) is 0. The summed E-state index contributed by atoms with van der Waals surface area (Å²) in [6.45, 7) is 0. The SMILES string of the molecule is c1ccc(Nc2ccc3c(c2)sc2cc(N(c4ccc5c(c4)sc4ccccc45)c4cccc5ccccc45)ccc23)cc1. The molecule has 9 rings (SSSR count). The van der Waals surface area contributed by atoms with Gasteiger partial charge in [-0.2, -0.15) is 0 Å². The lowest BCUT2D eigenvalue weighted by Crippen LogP contribution is -2.10. The summed E-state index contributed by atoms with van der Waals surface area (Å²) in [6.07, 6.45) is 0. The zero-order chi connectivity index (χ0) is 29.0. The average Bonchev–Trinajstić information content (AvgIpc) is 3.62. The number of para-hydroxylation sites is 1. The van der Waals surface area contributed by atoms with Crippen LogP contribution in [-0.2, 0) is 0 Å².